The molecule has 34 heavy (non-hydrogen) atoms. The highest BCUT2D eigenvalue weighted by molar-refractivity contribution is 9.10. The Morgan fingerprint density at radius 2 is 1.62 bits per heavy atom. The number of anilines is 1. The number of hydrogen-bond acceptors (Lipinski definition) is 4. The molecule has 0 bridgehead atoms. The number of aliphatic carboxylic acids is 1. The van der Waals surface area contributed by atoms with E-state index in [-0.39, 0.29) is 18.1 Å². The number of benzene rings is 3. The van der Waals surface area contributed by atoms with E-state index in [1.54, 1.807) is 12.1 Å². The number of likely N-dealkylation sites (N-methyl/N-ethyl adjacent to an activating group) is 1. The fourth-order valence-corrected chi connectivity index (χ4v) is 4.39. The molecular weight excluding hydrogens is 500 g/mol. The molecule has 0 aromatic heterocycles. The summed E-state index contributed by atoms with van der Waals surface area (Å²) >= 11 is 3.37. The Morgan fingerprint density at radius 3 is 2.21 bits per heavy atom. The van der Waals surface area contributed by atoms with Crippen molar-refractivity contribution in [3.8, 4) is 11.1 Å². The summed E-state index contributed by atoms with van der Waals surface area (Å²) in [7, 11) is 1.42. The van der Waals surface area contributed by atoms with Gasteiger partial charge in [-0.3, -0.25) is 10.1 Å². The summed E-state index contributed by atoms with van der Waals surface area (Å²) in [4.78, 5) is 37.6. The lowest BCUT2D eigenvalue weighted by atomic mass is 9.98. The molecule has 0 saturated heterocycles. The second-order valence-electron chi connectivity index (χ2n) is 8.08. The average molecular weight is 523 g/mol. The van der Waals surface area contributed by atoms with Gasteiger partial charge in [-0.05, 0) is 63.3 Å². The van der Waals surface area contributed by atoms with Gasteiger partial charge in [0.25, 0.3) is 5.91 Å². The molecule has 8 heteroatoms. The van der Waals surface area contributed by atoms with Crippen LogP contribution in [0, 0.1) is 0 Å². The molecule has 2 amide bonds. The highest BCUT2D eigenvalue weighted by Gasteiger charge is 2.29. The van der Waals surface area contributed by atoms with Gasteiger partial charge in [0.1, 0.15) is 12.6 Å². The molecule has 0 saturated carbocycles. The van der Waals surface area contributed by atoms with Gasteiger partial charge < -0.3 is 14.7 Å². The number of carbonyl (C=O) groups is 3. The predicted molar refractivity (Wildman–Crippen MR) is 132 cm³/mol. The largest absolute Gasteiger partial charge is 0.480 e. The van der Waals surface area contributed by atoms with Crippen molar-refractivity contribution in [1.29, 1.82) is 0 Å². The second kappa shape index (κ2) is 9.69. The summed E-state index contributed by atoms with van der Waals surface area (Å²) < 4.78 is 6.13. The van der Waals surface area contributed by atoms with Gasteiger partial charge in [-0.15, -0.1) is 0 Å². The maximum Gasteiger partial charge on any atom is 0.411 e. The first-order valence-corrected chi connectivity index (χ1v) is 11.5. The van der Waals surface area contributed by atoms with Gasteiger partial charge in [-0.1, -0.05) is 48.5 Å². The Morgan fingerprint density at radius 1 is 1.03 bits per heavy atom. The summed E-state index contributed by atoms with van der Waals surface area (Å²) in [6, 6.07) is 19.8. The van der Waals surface area contributed by atoms with Gasteiger partial charge in [0.15, 0.2) is 0 Å². The molecule has 0 radical (unpaired) electrons. The molecule has 0 aliphatic heterocycles. The van der Waals surface area contributed by atoms with Crippen LogP contribution < -0.4 is 5.32 Å². The third-order valence-electron chi connectivity index (χ3n) is 6.05. The zero-order chi connectivity index (χ0) is 24.4. The summed E-state index contributed by atoms with van der Waals surface area (Å²) in [5.41, 5.74) is 5.09. The van der Waals surface area contributed by atoms with E-state index in [1.165, 1.54) is 20.0 Å². The second-order valence-corrected chi connectivity index (χ2v) is 8.93. The van der Waals surface area contributed by atoms with Gasteiger partial charge in [-0.25, -0.2) is 9.59 Å². The van der Waals surface area contributed by atoms with Gasteiger partial charge in [0.05, 0.1) is 5.69 Å². The van der Waals surface area contributed by atoms with Crippen molar-refractivity contribution >= 4 is 39.6 Å². The Balaban J connectivity index is 1.46. The van der Waals surface area contributed by atoms with E-state index in [1.807, 2.05) is 36.4 Å². The molecule has 1 aliphatic carbocycles. The maximum absolute atomic E-state index is 12.7. The number of carbonyl (C=O) groups excluding carboxylic acids is 2. The van der Waals surface area contributed by atoms with Crippen LogP contribution in [0.25, 0.3) is 11.1 Å². The SMILES string of the molecule is CC(C(=O)O)N(C)C(=O)c1ccc(Br)c(NC(=O)OCC2c3ccccc3-c3ccccc32)c1. The zero-order valence-corrected chi connectivity index (χ0v) is 20.2. The monoisotopic (exact) mass is 522 g/mol. The van der Waals surface area contributed by atoms with E-state index in [9.17, 15) is 14.4 Å². The molecule has 174 valence electrons. The molecule has 1 aliphatic rings. The van der Waals surface area contributed by atoms with Crippen LogP contribution in [0.3, 0.4) is 0 Å². The molecule has 0 fully saturated rings. The van der Waals surface area contributed by atoms with E-state index in [0.717, 1.165) is 27.2 Å². The molecule has 7 nitrogen and oxygen atoms in total. The number of rotatable bonds is 6. The quantitative estimate of drug-likeness (QED) is 0.454. The smallest absolute Gasteiger partial charge is 0.411 e. The van der Waals surface area contributed by atoms with Crippen molar-refractivity contribution in [3.05, 3.63) is 87.9 Å². The van der Waals surface area contributed by atoms with Crippen LogP contribution in [-0.4, -0.2) is 47.7 Å². The molecule has 0 spiro atoms. The third-order valence-corrected chi connectivity index (χ3v) is 6.74. The number of hydrogen-bond donors (Lipinski definition) is 2. The normalized spacial score (nSPS) is 12.9. The van der Waals surface area contributed by atoms with E-state index in [4.69, 9.17) is 9.84 Å². The molecule has 1 atom stereocenters. The molecular formula is C26H23BrN2O5. The molecule has 1 unspecified atom stereocenters. The molecule has 3 aromatic carbocycles. The summed E-state index contributed by atoms with van der Waals surface area (Å²) in [5.74, 6) is -1.65. The topological polar surface area (TPSA) is 95.9 Å². The van der Waals surface area contributed by atoms with Crippen molar-refractivity contribution in [3.63, 3.8) is 0 Å². The number of carboxylic acids is 1. The first-order valence-electron chi connectivity index (χ1n) is 10.7. The van der Waals surface area contributed by atoms with Crippen LogP contribution in [0.15, 0.2) is 71.2 Å². The van der Waals surface area contributed by atoms with Crippen molar-refractivity contribution in [2.45, 2.75) is 18.9 Å². The van der Waals surface area contributed by atoms with Crippen molar-refractivity contribution in [1.82, 2.24) is 4.90 Å². The maximum atomic E-state index is 12.7. The van der Waals surface area contributed by atoms with Gasteiger partial charge >= 0.3 is 12.1 Å². The number of nitrogens with one attached hydrogen (secondary N) is 1. The van der Waals surface area contributed by atoms with Crippen LogP contribution in [0.4, 0.5) is 10.5 Å². The van der Waals surface area contributed by atoms with Crippen LogP contribution in [0.1, 0.15) is 34.3 Å². The van der Waals surface area contributed by atoms with E-state index < -0.39 is 24.0 Å². The Bertz CT molecular complexity index is 1230. The number of nitrogens with zero attached hydrogens (tertiary/aromatic N) is 1. The number of ether oxygens (including phenoxy) is 1. The zero-order valence-electron chi connectivity index (χ0n) is 18.6. The Kier molecular flexibility index (Phi) is 6.70. The van der Waals surface area contributed by atoms with Gasteiger partial charge in [0, 0.05) is 23.0 Å². The average Bonchev–Trinajstić information content (AvgIpc) is 3.16. The molecule has 2 N–H and O–H groups in total. The summed E-state index contributed by atoms with van der Waals surface area (Å²) in [5, 5.41) is 11.8. The lowest BCUT2D eigenvalue weighted by molar-refractivity contribution is -0.141. The third kappa shape index (κ3) is 4.54. The van der Waals surface area contributed by atoms with E-state index in [0.29, 0.717) is 10.2 Å². The highest BCUT2D eigenvalue weighted by Crippen LogP contribution is 2.44. The fourth-order valence-electron chi connectivity index (χ4n) is 4.04. The van der Waals surface area contributed by atoms with Crippen molar-refractivity contribution in [2.75, 3.05) is 19.0 Å². The number of halogens is 1. The highest BCUT2D eigenvalue weighted by atomic mass is 79.9. The standard InChI is InChI=1S/C26H23BrN2O5/c1-15(25(31)32)29(2)24(30)16-11-12-22(27)23(13-16)28-26(33)34-14-21-19-9-5-3-7-17(19)18-8-4-6-10-20(18)21/h3-13,15,21H,14H2,1-2H3,(H,28,33)(H,31,32). The van der Waals surface area contributed by atoms with E-state index in [2.05, 4.69) is 33.4 Å². The number of amides is 2. The van der Waals surface area contributed by atoms with E-state index >= 15 is 0 Å². The summed E-state index contributed by atoms with van der Waals surface area (Å²) in [6.07, 6.45) is -0.653. The van der Waals surface area contributed by atoms with Crippen LogP contribution in [-0.2, 0) is 9.53 Å². The minimum atomic E-state index is -1.11. The number of carboxylic acid groups (broad SMARTS) is 1. The Labute approximate surface area is 205 Å². The fraction of sp³-hybridized carbons (Fsp3) is 0.192. The molecule has 3 aromatic rings. The lowest BCUT2D eigenvalue weighted by Gasteiger charge is -2.22. The van der Waals surface area contributed by atoms with Crippen LogP contribution >= 0.6 is 15.9 Å². The number of fused-ring (bicyclic) bond motifs is 3. The predicted octanol–water partition coefficient (Wildman–Crippen LogP) is 5.36. The first-order chi connectivity index (χ1) is 16.3. The van der Waals surface area contributed by atoms with Crippen molar-refractivity contribution in [2.24, 2.45) is 0 Å². The minimum absolute atomic E-state index is 0.0688. The molecule has 4 rings (SSSR count). The van der Waals surface area contributed by atoms with Crippen LogP contribution in [0.5, 0.6) is 0 Å². The van der Waals surface area contributed by atoms with Crippen LogP contribution in [0.2, 0.25) is 0 Å². The summed E-state index contributed by atoms with van der Waals surface area (Å²) in [6.45, 7) is 1.59. The molecule has 0 heterocycles. The van der Waals surface area contributed by atoms with Gasteiger partial charge in [-0.2, -0.15) is 0 Å². The first kappa shape index (κ1) is 23.5. The minimum Gasteiger partial charge on any atom is -0.480 e. The lowest BCUT2D eigenvalue weighted by Crippen LogP contribution is -2.40. The van der Waals surface area contributed by atoms with Gasteiger partial charge in [0.2, 0.25) is 0 Å². The Hall–Kier alpha value is -3.65. The van der Waals surface area contributed by atoms with Crippen molar-refractivity contribution < 1.29 is 24.2 Å².